The van der Waals surface area contributed by atoms with Gasteiger partial charge in [0.15, 0.2) is 0 Å². The van der Waals surface area contributed by atoms with E-state index in [0.717, 1.165) is 51.7 Å². The SMILES string of the molecule is CC(C)(C)c1cccc(-c2ccc3c(c2)CCC[C@@H]3N(C(=O)O)C2CN3CCC2CC3)c1. The molecule has 170 valence electrons. The van der Waals surface area contributed by atoms with Crippen LogP contribution in [-0.2, 0) is 11.8 Å². The summed E-state index contributed by atoms with van der Waals surface area (Å²) in [6, 6.07) is 15.7. The quantitative estimate of drug-likeness (QED) is 0.637. The Labute approximate surface area is 192 Å². The normalized spacial score (nSPS) is 27.1. The maximum atomic E-state index is 12.5. The number of rotatable bonds is 3. The van der Waals surface area contributed by atoms with Crippen molar-refractivity contribution in [3.8, 4) is 11.1 Å². The summed E-state index contributed by atoms with van der Waals surface area (Å²) in [7, 11) is 0. The minimum atomic E-state index is -0.747. The fourth-order valence-corrected chi connectivity index (χ4v) is 6.18. The standard InChI is InChI=1S/C28H36N2O2/c1-28(2,3)23-8-4-6-20(17-23)21-10-11-24-22(16-21)7-5-9-25(24)30(27(31)32)26-18-29-14-12-19(26)13-15-29/h4,6,8,10-11,16-17,19,25-26H,5,7,9,12-15,18H2,1-3H3,(H,31,32)/t25-,26?/m0/s1. The molecule has 2 aromatic carbocycles. The number of fused-ring (bicyclic) bond motifs is 4. The molecule has 2 bridgehead atoms. The van der Waals surface area contributed by atoms with Crippen molar-refractivity contribution in [2.75, 3.05) is 19.6 Å². The number of benzene rings is 2. The number of carboxylic acid groups (broad SMARTS) is 1. The average molecular weight is 433 g/mol. The summed E-state index contributed by atoms with van der Waals surface area (Å²) in [6.07, 6.45) is 4.54. The lowest BCUT2D eigenvalue weighted by atomic mass is 9.79. The van der Waals surface area contributed by atoms with Crippen LogP contribution in [0.3, 0.4) is 0 Å². The molecule has 4 nitrogen and oxygen atoms in total. The highest BCUT2D eigenvalue weighted by atomic mass is 16.4. The van der Waals surface area contributed by atoms with E-state index in [-0.39, 0.29) is 17.5 Å². The maximum absolute atomic E-state index is 12.5. The van der Waals surface area contributed by atoms with Gasteiger partial charge in [-0.05, 0) is 84.3 Å². The molecule has 0 radical (unpaired) electrons. The molecule has 3 saturated heterocycles. The molecule has 2 aromatic rings. The summed E-state index contributed by atoms with van der Waals surface area (Å²) in [5, 5.41) is 10.3. The molecule has 3 fully saturated rings. The van der Waals surface area contributed by atoms with Crippen molar-refractivity contribution in [3.05, 3.63) is 59.2 Å². The first kappa shape index (κ1) is 21.5. The van der Waals surface area contributed by atoms with Gasteiger partial charge in [0.25, 0.3) is 0 Å². The van der Waals surface area contributed by atoms with Crippen molar-refractivity contribution in [1.82, 2.24) is 9.80 Å². The first-order valence-electron chi connectivity index (χ1n) is 12.3. The number of nitrogens with zero attached hydrogens (tertiary/aromatic N) is 2. The molecule has 6 rings (SSSR count). The average Bonchev–Trinajstić information content (AvgIpc) is 2.79. The Morgan fingerprint density at radius 1 is 1.03 bits per heavy atom. The Morgan fingerprint density at radius 2 is 1.78 bits per heavy atom. The Kier molecular flexibility index (Phi) is 5.53. The first-order chi connectivity index (χ1) is 15.3. The lowest BCUT2D eigenvalue weighted by Gasteiger charge is -2.50. The number of piperidine rings is 3. The Hall–Kier alpha value is -2.33. The van der Waals surface area contributed by atoms with Gasteiger partial charge in [-0.2, -0.15) is 0 Å². The van der Waals surface area contributed by atoms with E-state index in [4.69, 9.17) is 0 Å². The van der Waals surface area contributed by atoms with Crippen molar-refractivity contribution in [3.63, 3.8) is 0 Å². The minimum absolute atomic E-state index is 0.0169. The summed E-state index contributed by atoms with van der Waals surface area (Å²) in [5.74, 6) is 0.515. The van der Waals surface area contributed by atoms with Gasteiger partial charge in [-0.3, -0.25) is 4.90 Å². The van der Waals surface area contributed by atoms with Crippen LogP contribution < -0.4 is 0 Å². The fraction of sp³-hybridized carbons (Fsp3) is 0.536. The molecule has 0 saturated carbocycles. The van der Waals surface area contributed by atoms with Gasteiger partial charge >= 0.3 is 6.09 Å². The van der Waals surface area contributed by atoms with E-state index in [1.807, 2.05) is 4.90 Å². The summed E-state index contributed by atoms with van der Waals surface area (Å²) >= 11 is 0. The van der Waals surface area contributed by atoms with Crippen LogP contribution >= 0.6 is 0 Å². The van der Waals surface area contributed by atoms with Crippen LogP contribution in [0.2, 0.25) is 0 Å². The topological polar surface area (TPSA) is 43.8 Å². The van der Waals surface area contributed by atoms with Gasteiger partial charge in [0, 0.05) is 6.54 Å². The third kappa shape index (κ3) is 3.94. The molecule has 4 aliphatic rings. The highest BCUT2D eigenvalue weighted by Gasteiger charge is 2.43. The molecular weight excluding hydrogens is 396 g/mol. The highest BCUT2D eigenvalue weighted by Crippen LogP contribution is 2.41. The molecule has 1 unspecified atom stereocenters. The van der Waals surface area contributed by atoms with Crippen molar-refractivity contribution in [2.45, 2.75) is 70.4 Å². The Morgan fingerprint density at radius 3 is 2.44 bits per heavy atom. The molecule has 3 heterocycles. The van der Waals surface area contributed by atoms with Gasteiger partial charge in [-0.15, -0.1) is 0 Å². The number of aryl methyl sites for hydroxylation is 1. The molecule has 0 aromatic heterocycles. The van der Waals surface area contributed by atoms with Crippen LogP contribution in [0, 0.1) is 5.92 Å². The first-order valence-corrected chi connectivity index (χ1v) is 12.3. The fourth-order valence-electron chi connectivity index (χ4n) is 6.18. The highest BCUT2D eigenvalue weighted by molar-refractivity contribution is 5.69. The largest absolute Gasteiger partial charge is 0.465 e. The third-order valence-corrected chi connectivity index (χ3v) is 8.02. The molecule has 0 spiro atoms. The molecule has 3 aliphatic heterocycles. The van der Waals surface area contributed by atoms with Crippen molar-refractivity contribution >= 4 is 6.09 Å². The molecule has 2 atom stereocenters. The second-order valence-electron chi connectivity index (χ2n) is 11.0. The van der Waals surface area contributed by atoms with Gasteiger partial charge in [-0.25, -0.2) is 4.79 Å². The number of carbonyl (C=O) groups is 1. The van der Waals surface area contributed by atoms with Crippen LogP contribution in [0.1, 0.15) is 69.2 Å². The van der Waals surface area contributed by atoms with Gasteiger partial charge in [0.05, 0.1) is 12.1 Å². The van der Waals surface area contributed by atoms with E-state index in [9.17, 15) is 9.90 Å². The van der Waals surface area contributed by atoms with E-state index >= 15 is 0 Å². The molecule has 1 N–H and O–H groups in total. The number of hydrogen-bond acceptors (Lipinski definition) is 2. The predicted octanol–water partition coefficient (Wildman–Crippen LogP) is 6.10. The number of amides is 1. The molecule has 1 amide bonds. The third-order valence-electron chi connectivity index (χ3n) is 8.02. The zero-order chi connectivity index (χ0) is 22.5. The lowest BCUT2D eigenvalue weighted by molar-refractivity contribution is -0.00969. The monoisotopic (exact) mass is 432 g/mol. The Balaban J connectivity index is 1.47. The van der Waals surface area contributed by atoms with Crippen molar-refractivity contribution < 1.29 is 9.90 Å². The van der Waals surface area contributed by atoms with Crippen LogP contribution in [-0.4, -0.2) is 46.7 Å². The zero-order valence-electron chi connectivity index (χ0n) is 19.7. The van der Waals surface area contributed by atoms with Crippen LogP contribution in [0.5, 0.6) is 0 Å². The van der Waals surface area contributed by atoms with Gasteiger partial charge in [0.1, 0.15) is 0 Å². The predicted molar refractivity (Wildman–Crippen MR) is 129 cm³/mol. The molecule has 1 aliphatic carbocycles. The molecule has 32 heavy (non-hydrogen) atoms. The van der Waals surface area contributed by atoms with Gasteiger partial charge < -0.3 is 10.0 Å². The van der Waals surface area contributed by atoms with Crippen LogP contribution in [0.15, 0.2) is 42.5 Å². The van der Waals surface area contributed by atoms with E-state index in [1.165, 1.54) is 27.8 Å². The maximum Gasteiger partial charge on any atom is 0.408 e. The van der Waals surface area contributed by atoms with Crippen LogP contribution in [0.4, 0.5) is 4.79 Å². The second-order valence-corrected chi connectivity index (χ2v) is 11.0. The van der Waals surface area contributed by atoms with Crippen molar-refractivity contribution in [1.29, 1.82) is 0 Å². The number of hydrogen-bond donors (Lipinski definition) is 1. The summed E-state index contributed by atoms with van der Waals surface area (Å²) in [5.41, 5.74) is 6.49. The van der Waals surface area contributed by atoms with Crippen LogP contribution in [0.25, 0.3) is 11.1 Å². The summed E-state index contributed by atoms with van der Waals surface area (Å²) in [6.45, 7) is 9.91. The van der Waals surface area contributed by atoms with Gasteiger partial charge in [-0.1, -0.05) is 63.2 Å². The van der Waals surface area contributed by atoms with E-state index < -0.39 is 6.09 Å². The zero-order valence-corrected chi connectivity index (χ0v) is 19.7. The molecular formula is C28H36N2O2. The minimum Gasteiger partial charge on any atom is -0.465 e. The smallest absolute Gasteiger partial charge is 0.408 e. The van der Waals surface area contributed by atoms with E-state index in [0.29, 0.717) is 5.92 Å². The molecule has 4 heteroatoms. The summed E-state index contributed by atoms with van der Waals surface area (Å²) in [4.78, 5) is 16.8. The Bertz CT molecular complexity index is 1000. The van der Waals surface area contributed by atoms with Gasteiger partial charge in [0.2, 0.25) is 0 Å². The van der Waals surface area contributed by atoms with Crippen molar-refractivity contribution in [2.24, 2.45) is 5.92 Å². The second kappa shape index (κ2) is 8.22. The van der Waals surface area contributed by atoms with E-state index in [1.54, 1.807) is 0 Å². The summed E-state index contributed by atoms with van der Waals surface area (Å²) < 4.78 is 0. The lowest BCUT2D eigenvalue weighted by Crippen LogP contribution is -2.59. The van der Waals surface area contributed by atoms with E-state index in [2.05, 4.69) is 68.1 Å².